The molecule has 100 valence electrons. The predicted molar refractivity (Wildman–Crippen MR) is 68.3 cm³/mol. The first-order valence-corrected chi connectivity index (χ1v) is 6.49. The van der Waals surface area contributed by atoms with Crippen molar-refractivity contribution in [2.45, 2.75) is 25.0 Å². The second-order valence-electron chi connectivity index (χ2n) is 5.01. The molecule has 0 saturated carbocycles. The van der Waals surface area contributed by atoms with Gasteiger partial charge in [0.15, 0.2) is 0 Å². The van der Waals surface area contributed by atoms with E-state index in [1.807, 2.05) is 30.3 Å². The fraction of sp³-hybridized carbons (Fsp3) is 0.429. The summed E-state index contributed by atoms with van der Waals surface area (Å²) >= 11 is 0. The first-order valence-electron chi connectivity index (χ1n) is 6.49. The quantitative estimate of drug-likeness (QED) is 0.815. The van der Waals surface area contributed by atoms with Gasteiger partial charge in [0.05, 0.1) is 6.54 Å². The Morgan fingerprint density at radius 1 is 1.37 bits per heavy atom. The number of β-lactam (4-membered cyclic amide) rings is 1. The Labute approximate surface area is 111 Å². The summed E-state index contributed by atoms with van der Waals surface area (Å²) in [7, 11) is 0. The van der Waals surface area contributed by atoms with E-state index in [0.717, 1.165) is 18.4 Å². The molecule has 0 bridgehead atoms. The Morgan fingerprint density at radius 2 is 2.16 bits per heavy atom. The number of carbonyl (C=O) groups is 2. The SMILES string of the molecule is O=C(OCc1ccccc1)N1CCC[C@@]12CNC2=O. The molecule has 1 spiro atoms. The monoisotopic (exact) mass is 260 g/mol. The maximum atomic E-state index is 12.1. The third-order valence-corrected chi connectivity index (χ3v) is 3.88. The van der Waals surface area contributed by atoms with E-state index in [1.165, 1.54) is 0 Å². The van der Waals surface area contributed by atoms with Crippen LogP contribution < -0.4 is 5.32 Å². The van der Waals surface area contributed by atoms with Gasteiger partial charge >= 0.3 is 6.09 Å². The first kappa shape index (κ1) is 12.0. The van der Waals surface area contributed by atoms with Crippen LogP contribution in [0.1, 0.15) is 18.4 Å². The van der Waals surface area contributed by atoms with E-state index >= 15 is 0 Å². The number of likely N-dealkylation sites (tertiary alicyclic amines) is 1. The standard InChI is InChI=1S/C14H16N2O3/c17-12-14(10-15-12)7-4-8-16(14)13(18)19-9-11-5-2-1-3-6-11/h1-3,5-6H,4,7-10H2,(H,15,17)/t14-/m0/s1. The van der Waals surface area contributed by atoms with E-state index in [1.54, 1.807) is 4.90 Å². The van der Waals surface area contributed by atoms with E-state index < -0.39 is 11.6 Å². The van der Waals surface area contributed by atoms with Gasteiger partial charge in [0.1, 0.15) is 12.1 Å². The van der Waals surface area contributed by atoms with E-state index in [0.29, 0.717) is 13.1 Å². The summed E-state index contributed by atoms with van der Waals surface area (Å²) in [6, 6.07) is 9.53. The first-order chi connectivity index (χ1) is 9.22. The fourth-order valence-corrected chi connectivity index (χ4v) is 2.73. The summed E-state index contributed by atoms with van der Waals surface area (Å²) in [4.78, 5) is 25.4. The molecule has 5 nitrogen and oxygen atoms in total. The molecule has 0 aromatic heterocycles. The molecule has 2 aliphatic rings. The number of rotatable bonds is 2. The van der Waals surface area contributed by atoms with Crippen molar-refractivity contribution in [3.63, 3.8) is 0 Å². The molecule has 0 unspecified atom stereocenters. The zero-order chi connectivity index (χ0) is 13.3. The summed E-state index contributed by atoms with van der Waals surface area (Å²) in [5, 5.41) is 2.71. The molecule has 2 amide bonds. The van der Waals surface area contributed by atoms with Gasteiger partial charge in [-0.15, -0.1) is 0 Å². The van der Waals surface area contributed by atoms with Crippen LogP contribution in [0, 0.1) is 0 Å². The third kappa shape index (κ3) is 1.95. The number of nitrogens with zero attached hydrogens (tertiary/aromatic N) is 1. The van der Waals surface area contributed by atoms with Crippen molar-refractivity contribution in [1.29, 1.82) is 0 Å². The molecule has 2 aliphatic heterocycles. The van der Waals surface area contributed by atoms with Gasteiger partial charge < -0.3 is 10.1 Å². The summed E-state index contributed by atoms with van der Waals surface area (Å²) in [6.07, 6.45) is 1.20. The largest absolute Gasteiger partial charge is 0.445 e. The van der Waals surface area contributed by atoms with Crippen LogP contribution in [-0.2, 0) is 16.1 Å². The Balaban J connectivity index is 1.63. The minimum absolute atomic E-state index is 0.0540. The molecule has 2 fully saturated rings. The number of nitrogens with one attached hydrogen (secondary N) is 1. The molecule has 3 rings (SSSR count). The van der Waals surface area contributed by atoms with Gasteiger partial charge in [0.25, 0.3) is 0 Å². The highest BCUT2D eigenvalue weighted by Gasteiger charge is 2.56. The van der Waals surface area contributed by atoms with Crippen LogP contribution in [0.5, 0.6) is 0 Å². The van der Waals surface area contributed by atoms with Gasteiger partial charge in [-0.2, -0.15) is 0 Å². The lowest BCUT2D eigenvalue weighted by molar-refractivity contribution is -0.140. The molecule has 1 N–H and O–H groups in total. The minimum atomic E-state index is -0.631. The Morgan fingerprint density at radius 3 is 2.79 bits per heavy atom. The normalized spacial score (nSPS) is 25.1. The number of hydrogen-bond donors (Lipinski definition) is 1. The second kappa shape index (κ2) is 4.57. The van der Waals surface area contributed by atoms with Crippen molar-refractivity contribution in [2.75, 3.05) is 13.1 Å². The summed E-state index contributed by atoms with van der Waals surface area (Å²) in [5.74, 6) is -0.0540. The lowest BCUT2D eigenvalue weighted by Gasteiger charge is -2.43. The number of carbonyl (C=O) groups excluding carboxylic acids is 2. The molecular formula is C14H16N2O3. The molecule has 1 atom stereocenters. The van der Waals surface area contributed by atoms with E-state index in [4.69, 9.17) is 4.74 Å². The van der Waals surface area contributed by atoms with Crippen molar-refractivity contribution >= 4 is 12.0 Å². The molecule has 5 heteroatoms. The highest BCUT2D eigenvalue weighted by Crippen LogP contribution is 2.34. The molecule has 2 heterocycles. The van der Waals surface area contributed by atoms with Crippen LogP contribution in [0.3, 0.4) is 0 Å². The van der Waals surface area contributed by atoms with Gasteiger partial charge in [-0.25, -0.2) is 4.79 Å². The summed E-state index contributed by atoms with van der Waals surface area (Å²) in [5.41, 5.74) is 0.315. The van der Waals surface area contributed by atoms with Gasteiger partial charge in [-0.3, -0.25) is 9.69 Å². The average molecular weight is 260 g/mol. The molecule has 2 saturated heterocycles. The van der Waals surface area contributed by atoms with Gasteiger partial charge in [0.2, 0.25) is 5.91 Å². The molecule has 0 radical (unpaired) electrons. The lowest BCUT2D eigenvalue weighted by Crippen LogP contribution is -2.71. The highest BCUT2D eigenvalue weighted by molar-refractivity contribution is 5.96. The van der Waals surface area contributed by atoms with Crippen LogP contribution in [0.4, 0.5) is 4.79 Å². The van der Waals surface area contributed by atoms with E-state index in [-0.39, 0.29) is 12.5 Å². The van der Waals surface area contributed by atoms with Crippen LogP contribution in [-0.4, -0.2) is 35.5 Å². The van der Waals surface area contributed by atoms with Crippen LogP contribution in [0.2, 0.25) is 0 Å². The van der Waals surface area contributed by atoms with Crippen molar-refractivity contribution in [1.82, 2.24) is 10.2 Å². The number of benzene rings is 1. The molecule has 0 aliphatic carbocycles. The maximum Gasteiger partial charge on any atom is 0.411 e. The van der Waals surface area contributed by atoms with Crippen LogP contribution in [0.15, 0.2) is 30.3 Å². The predicted octanol–water partition coefficient (Wildman–Crippen LogP) is 1.29. The molecule has 1 aromatic rings. The number of ether oxygens (including phenoxy) is 1. The Bertz CT molecular complexity index is 503. The van der Waals surface area contributed by atoms with E-state index in [2.05, 4.69) is 5.32 Å². The number of amides is 2. The topological polar surface area (TPSA) is 58.6 Å². The van der Waals surface area contributed by atoms with E-state index in [9.17, 15) is 9.59 Å². The zero-order valence-electron chi connectivity index (χ0n) is 10.6. The van der Waals surface area contributed by atoms with Crippen molar-refractivity contribution < 1.29 is 14.3 Å². The Hall–Kier alpha value is -2.04. The average Bonchev–Trinajstić information content (AvgIpc) is 2.91. The fourth-order valence-electron chi connectivity index (χ4n) is 2.73. The smallest absolute Gasteiger partial charge is 0.411 e. The summed E-state index contributed by atoms with van der Waals surface area (Å²) < 4.78 is 5.30. The molecule has 1 aromatic carbocycles. The van der Waals surface area contributed by atoms with Crippen molar-refractivity contribution in [3.8, 4) is 0 Å². The van der Waals surface area contributed by atoms with Crippen molar-refractivity contribution in [3.05, 3.63) is 35.9 Å². The highest BCUT2D eigenvalue weighted by atomic mass is 16.6. The second-order valence-corrected chi connectivity index (χ2v) is 5.01. The van der Waals surface area contributed by atoms with Gasteiger partial charge in [-0.1, -0.05) is 30.3 Å². The minimum Gasteiger partial charge on any atom is -0.445 e. The number of hydrogen-bond acceptors (Lipinski definition) is 3. The van der Waals surface area contributed by atoms with Gasteiger partial charge in [-0.05, 0) is 18.4 Å². The van der Waals surface area contributed by atoms with Crippen LogP contribution >= 0.6 is 0 Å². The summed E-state index contributed by atoms with van der Waals surface area (Å²) in [6.45, 7) is 1.39. The van der Waals surface area contributed by atoms with Crippen LogP contribution in [0.25, 0.3) is 0 Å². The maximum absolute atomic E-state index is 12.1. The van der Waals surface area contributed by atoms with Crippen molar-refractivity contribution in [2.24, 2.45) is 0 Å². The lowest BCUT2D eigenvalue weighted by atomic mass is 9.88. The molecule has 19 heavy (non-hydrogen) atoms. The third-order valence-electron chi connectivity index (χ3n) is 3.88. The van der Waals surface area contributed by atoms with Gasteiger partial charge in [0, 0.05) is 6.54 Å². The Kier molecular flexibility index (Phi) is 2.89. The molecular weight excluding hydrogens is 244 g/mol. The zero-order valence-corrected chi connectivity index (χ0v) is 10.6.